The number of nitriles is 2. The molecule has 0 fully saturated rings. The SMILES string of the molecule is CC(=O)CC(C#CCO)(c1ccccc1)C(C#N)(C#N)N=N. The minimum Gasteiger partial charge on any atom is -0.384 e. The molecule has 1 aromatic rings. The van der Waals surface area contributed by atoms with Crippen molar-refractivity contribution in [3.05, 3.63) is 35.9 Å². The summed E-state index contributed by atoms with van der Waals surface area (Å²) in [7, 11) is 0. The maximum absolute atomic E-state index is 11.7. The van der Waals surface area contributed by atoms with E-state index in [0.717, 1.165) is 0 Å². The molecule has 2 N–H and O–H groups in total. The molecule has 0 saturated carbocycles. The maximum Gasteiger partial charge on any atom is 0.272 e. The van der Waals surface area contributed by atoms with Gasteiger partial charge in [0.15, 0.2) is 0 Å². The van der Waals surface area contributed by atoms with Crippen molar-refractivity contribution in [3.63, 3.8) is 0 Å². The summed E-state index contributed by atoms with van der Waals surface area (Å²) < 4.78 is 0. The number of benzene rings is 1. The second-order valence-electron chi connectivity index (χ2n) is 4.66. The molecule has 1 rings (SSSR count). The highest BCUT2D eigenvalue weighted by Gasteiger charge is 2.55. The van der Waals surface area contributed by atoms with Crippen LogP contribution in [0.15, 0.2) is 35.4 Å². The third kappa shape index (κ3) is 2.86. The first-order valence-corrected chi connectivity index (χ1v) is 6.39. The van der Waals surface area contributed by atoms with Crippen molar-refractivity contribution in [2.45, 2.75) is 24.3 Å². The van der Waals surface area contributed by atoms with E-state index in [2.05, 4.69) is 17.0 Å². The van der Waals surface area contributed by atoms with E-state index in [0.29, 0.717) is 5.56 Å². The number of ketones is 1. The number of carbonyl (C=O) groups is 1. The maximum atomic E-state index is 11.7. The average Bonchev–Trinajstić information content (AvgIpc) is 2.54. The van der Waals surface area contributed by atoms with Crippen molar-refractivity contribution in [1.29, 1.82) is 16.1 Å². The highest BCUT2D eigenvalue weighted by molar-refractivity contribution is 5.79. The number of nitrogens with one attached hydrogen (secondary N) is 1. The third-order valence-electron chi connectivity index (χ3n) is 3.27. The Morgan fingerprint density at radius 2 is 1.91 bits per heavy atom. The van der Waals surface area contributed by atoms with Gasteiger partial charge in [-0.25, -0.2) is 5.53 Å². The number of Topliss-reactive ketones (excluding diaryl/α,β-unsaturated/α-hetero) is 1. The predicted molar refractivity (Wildman–Crippen MR) is 77.4 cm³/mol. The molecule has 0 aliphatic heterocycles. The summed E-state index contributed by atoms with van der Waals surface area (Å²) in [6, 6.07) is 11.7. The lowest BCUT2D eigenvalue weighted by atomic mass is 9.64. The highest BCUT2D eigenvalue weighted by Crippen LogP contribution is 2.41. The van der Waals surface area contributed by atoms with Crippen LogP contribution < -0.4 is 0 Å². The first kappa shape index (κ1) is 17.0. The molecule has 1 unspecified atom stereocenters. The molecule has 110 valence electrons. The van der Waals surface area contributed by atoms with Gasteiger partial charge in [-0.15, -0.1) is 0 Å². The summed E-state index contributed by atoms with van der Waals surface area (Å²) in [4.78, 5) is 11.7. The number of nitrogens with zero attached hydrogens (tertiary/aromatic N) is 3. The Labute approximate surface area is 128 Å². The quantitative estimate of drug-likeness (QED) is 0.634. The molecule has 0 radical (unpaired) electrons. The fourth-order valence-electron chi connectivity index (χ4n) is 2.29. The van der Waals surface area contributed by atoms with Crippen LogP contribution in [-0.2, 0) is 10.2 Å². The minimum absolute atomic E-state index is 0.270. The Morgan fingerprint density at radius 3 is 2.32 bits per heavy atom. The standard InChI is InChI=1S/C16H14N4O2/c1-13(22)10-15(8-5-9-21,14-6-3-2-4-7-14)16(11-17,12-18)20-19/h2-4,6-7,19,21H,9-10H2,1H3. The zero-order valence-corrected chi connectivity index (χ0v) is 12.0. The molecule has 0 aliphatic carbocycles. The second kappa shape index (κ2) is 7.13. The minimum atomic E-state index is -2.18. The van der Waals surface area contributed by atoms with Crippen molar-refractivity contribution < 1.29 is 9.90 Å². The van der Waals surface area contributed by atoms with Gasteiger partial charge in [0.05, 0.1) is 0 Å². The molecule has 1 aromatic carbocycles. The molecule has 6 nitrogen and oxygen atoms in total. The van der Waals surface area contributed by atoms with E-state index in [4.69, 9.17) is 10.6 Å². The summed E-state index contributed by atoms with van der Waals surface area (Å²) in [5.41, 5.74) is 3.96. The Kier molecular flexibility index (Phi) is 5.52. The molecule has 0 saturated heterocycles. The van der Waals surface area contributed by atoms with Gasteiger partial charge in [-0.05, 0) is 12.5 Å². The van der Waals surface area contributed by atoms with Crippen LogP contribution in [-0.4, -0.2) is 23.0 Å². The number of rotatable bonds is 5. The van der Waals surface area contributed by atoms with E-state index in [1.807, 2.05) is 0 Å². The molecule has 22 heavy (non-hydrogen) atoms. The molecule has 6 heteroatoms. The van der Waals surface area contributed by atoms with Crippen LogP contribution in [0.4, 0.5) is 0 Å². The molecule has 0 heterocycles. The molecular formula is C16H14N4O2. The van der Waals surface area contributed by atoms with Crippen LogP contribution >= 0.6 is 0 Å². The molecule has 0 aliphatic rings. The van der Waals surface area contributed by atoms with E-state index in [-0.39, 0.29) is 12.2 Å². The van der Waals surface area contributed by atoms with Gasteiger partial charge in [-0.2, -0.15) is 15.6 Å². The van der Waals surface area contributed by atoms with Gasteiger partial charge in [0.25, 0.3) is 5.54 Å². The van der Waals surface area contributed by atoms with Crippen LogP contribution in [0.2, 0.25) is 0 Å². The van der Waals surface area contributed by atoms with Crippen molar-refractivity contribution in [2.24, 2.45) is 5.11 Å². The Balaban J connectivity index is 3.82. The Hall–Kier alpha value is -3.01. The number of aliphatic hydroxyl groups excluding tert-OH is 1. The fraction of sp³-hybridized carbons (Fsp3) is 0.312. The smallest absolute Gasteiger partial charge is 0.272 e. The summed E-state index contributed by atoms with van der Waals surface area (Å²) >= 11 is 0. The van der Waals surface area contributed by atoms with Crippen molar-refractivity contribution in [2.75, 3.05) is 6.61 Å². The number of aliphatic hydroxyl groups is 1. The van der Waals surface area contributed by atoms with E-state index < -0.39 is 17.6 Å². The summed E-state index contributed by atoms with van der Waals surface area (Å²) in [6.45, 7) is 0.805. The zero-order valence-electron chi connectivity index (χ0n) is 12.0. The number of hydrogen-bond acceptors (Lipinski definition) is 6. The third-order valence-corrected chi connectivity index (χ3v) is 3.27. The van der Waals surface area contributed by atoms with Gasteiger partial charge < -0.3 is 5.11 Å². The summed E-state index contributed by atoms with van der Waals surface area (Å²) in [6.07, 6.45) is -0.270. The lowest BCUT2D eigenvalue weighted by Gasteiger charge is -2.34. The summed E-state index contributed by atoms with van der Waals surface area (Å²) in [5.74, 6) is 4.74. The second-order valence-corrected chi connectivity index (χ2v) is 4.66. The molecule has 0 bridgehead atoms. The van der Waals surface area contributed by atoms with Gasteiger partial charge in [0, 0.05) is 6.42 Å². The molecule has 0 spiro atoms. The topological polar surface area (TPSA) is 121 Å². The van der Waals surface area contributed by atoms with Gasteiger partial charge >= 0.3 is 0 Å². The first-order valence-electron chi connectivity index (χ1n) is 6.39. The van der Waals surface area contributed by atoms with Crippen LogP contribution in [0.1, 0.15) is 18.9 Å². The van der Waals surface area contributed by atoms with Crippen LogP contribution in [0.5, 0.6) is 0 Å². The Morgan fingerprint density at radius 1 is 1.32 bits per heavy atom. The lowest BCUT2D eigenvalue weighted by molar-refractivity contribution is -0.118. The van der Waals surface area contributed by atoms with Crippen molar-refractivity contribution in [3.8, 4) is 24.0 Å². The van der Waals surface area contributed by atoms with Crippen LogP contribution in [0.25, 0.3) is 0 Å². The van der Waals surface area contributed by atoms with E-state index >= 15 is 0 Å². The number of carbonyl (C=O) groups excluding carboxylic acids is 1. The lowest BCUT2D eigenvalue weighted by Crippen LogP contribution is -2.48. The zero-order chi connectivity index (χ0) is 16.6. The molecule has 0 amide bonds. The Bertz CT molecular complexity index is 690. The monoisotopic (exact) mass is 294 g/mol. The highest BCUT2D eigenvalue weighted by atomic mass is 16.2. The van der Waals surface area contributed by atoms with Gasteiger partial charge in [-0.3, -0.25) is 4.79 Å². The van der Waals surface area contributed by atoms with Crippen LogP contribution in [0.3, 0.4) is 0 Å². The van der Waals surface area contributed by atoms with E-state index in [1.165, 1.54) is 6.92 Å². The van der Waals surface area contributed by atoms with Crippen molar-refractivity contribution >= 4 is 5.78 Å². The number of hydrogen-bond donors (Lipinski definition) is 2. The summed E-state index contributed by atoms with van der Waals surface area (Å²) in [5, 5.41) is 31.1. The van der Waals surface area contributed by atoms with E-state index in [1.54, 1.807) is 42.5 Å². The molecule has 1 atom stereocenters. The largest absolute Gasteiger partial charge is 0.384 e. The normalized spacial score (nSPS) is 12.7. The molecular weight excluding hydrogens is 280 g/mol. The first-order chi connectivity index (χ1) is 10.5. The van der Waals surface area contributed by atoms with Crippen molar-refractivity contribution in [1.82, 2.24) is 0 Å². The fourth-order valence-corrected chi connectivity index (χ4v) is 2.29. The van der Waals surface area contributed by atoms with Gasteiger partial charge in [0.1, 0.15) is 29.9 Å². The predicted octanol–water partition coefficient (Wildman–Crippen LogP) is 1.72. The average molecular weight is 294 g/mol. The molecule has 0 aromatic heterocycles. The van der Waals surface area contributed by atoms with Gasteiger partial charge in [0.2, 0.25) is 0 Å². The van der Waals surface area contributed by atoms with E-state index in [9.17, 15) is 15.3 Å². The van der Waals surface area contributed by atoms with Crippen LogP contribution in [0, 0.1) is 40.0 Å². The van der Waals surface area contributed by atoms with Gasteiger partial charge in [-0.1, -0.05) is 42.2 Å².